The number of pyridine rings is 1. The van der Waals surface area contributed by atoms with Crippen LogP contribution in [0.3, 0.4) is 0 Å². The summed E-state index contributed by atoms with van der Waals surface area (Å²) in [6.07, 6.45) is 4.34. The van der Waals surface area contributed by atoms with Crippen molar-refractivity contribution < 1.29 is 4.79 Å². The Bertz CT molecular complexity index is 742. The standard InChI is InChI=1S/C18H22N2O2/c1-2-13-10-15-11-14(6-7-16(15)19-18(13)22)17(21)12-20-8-4-3-5-9-20/h6-7,10-11H,2-5,8-9,12H2,1H3,(H,19,22). The molecule has 1 saturated heterocycles. The summed E-state index contributed by atoms with van der Waals surface area (Å²) >= 11 is 0. The van der Waals surface area contributed by atoms with Gasteiger partial charge in [0.1, 0.15) is 0 Å². The molecule has 0 amide bonds. The number of benzene rings is 1. The second kappa shape index (κ2) is 6.44. The summed E-state index contributed by atoms with van der Waals surface area (Å²) in [5.41, 5.74) is 2.24. The first-order chi connectivity index (χ1) is 10.7. The lowest BCUT2D eigenvalue weighted by Gasteiger charge is -2.25. The SMILES string of the molecule is CCc1cc2cc(C(=O)CN3CCCCC3)ccc2[nH]c1=O. The van der Waals surface area contributed by atoms with Gasteiger partial charge >= 0.3 is 0 Å². The van der Waals surface area contributed by atoms with Crippen molar-refractivity contribution >= 4 is 16.7 Å². The van der Waals surface area contributed by atoms with Crippen LogP contribution in [0.15, 0.2) is 29.1 Å². The summed E-state index contributed by atoms with van der Waals surface area (Å²) in [4.78, 5) is 29.4. The third-order valence-electron chi connectivity index (χ3n) is 4.44. The van der Waals surface area contributed by atoms with E-state index in [1.165, 1.54) is 19.3 Å². The minimum Gasteiger partial charge on any atom is -0.322 e. The number of hydrogen-bond donors (Lipinski definition) is 1. The van der Waals surface area contributed by atoms with E-state index in [4.69, 9.17) is 0 Å². The lowest BCUT2D eigenvalue weighted by atomic mass is 10.0. The number of H-pyrrole nitrogens is 1. The van der Waals surface area contributed by atoms with Crippen LogP contribution >= 0.6 is 0 Å². The van der Waals surface area contributed by atoms with Gasteiger partial charge in [0.05, 0.1) is 6.54 Å². The van der Waals surface area contributed by atoms with Crippen LogP contribution in [-0.2, 0) is 6.42 Å². The van der Waals surface area contributed by atoms with Crippen molar-refractivity contribution in [2.75, 3.05) is 19.6 Å². The molecule has 0 atom stereocenters. The highest BCUT2D eigenvalue weighted by Crippen LogP contribution is 2.16. The van der Waals surface area contributed by atoms with Gasteiger partial charge in [-0.05, 0) is 62.0 Å². The van der Waals surface area contributed by atoms with Gasteiger partial charge in [0, 0.05) is 16.6 Å². The molecule has 1 N–H and O–H groups in total. The van der Waals surface area contributed by atoms with Crippen LogP contribution in [0.4, 0.5) is 0 Å². The number of rotatable bonds is 4. The fourth-order valence-corrected chi connectivity index (χ4v) is 3.10. The van der Waals surface area contributed by atoms with E-state index < -0.39 is 0 Å². The van der Waals surface area contributed by atoms with E-state index in [-0.39, 0.29) is 11.3 Å². The molecule has 1 aliphatic heterocycles. The first-order valence-electron chi connectivity index (χ1n) is 8.09. The molecule has 2 heterocycles. The average Bonchev–Trinajstić information content (AvgIpc) is 2.54. The van der Waals surface area contributed by atoms with E-state index in [1.54, 1.807) is 0 Å². The second-order valence-electron chi connectivity index (χ2n) is 6.04. The molecule has 1 aromatic carbocycles. The van der Waals surface area contributed by atoms with Crippen LogP contribution in [0, 0.1) is 0 Å². The Morgan fingerprint density at radius 3 is 2.68 bits per heavy atom. The number of fused-ring (bicyclic) bond motifs is 1. The topological polar surface area (TPSA) is 53.2 Å². The molecule has 0 aliphatic carbocycles. The molecule has 0 saturated carbocycles. The van der Waals surface area contributed by atoms with Gasteiger partial charge in [-0.1, -0.05) is 13.3 Å². The molecule has 22 heavy (non-hydrogen) atoms. The van der Waals surface area contributed by atoms with E-state index in [0.29, 0.717) is 13.0 Å². The third-order valence-corrected chi connectivity index (χ3v) is 4.44. The summed E-state index contributed by atoms with van der Waals surface area (Å²) in [7, 11) is 0. The predicted octanol–water partition coefficient (Wildman–Crippen LogP) is 2.76. The minimum absolute atomic E-state index is 0.0395. The molecule has 0 unspecified atom stereocenters. The molecule has 1 fully saturated rings. The number of carbonyl (C=O) groups excluding carboxylic acids is 1. The Morgan fingerprint density at radius 2 is 1.95 bits per heavy atom. The number of likely N-dealkylation sites (tertiary alicyclic amines) is 1. The minimum atomic E-state index is -0.0395. The normalized spacial score (nSPS) is 16.0. The van der Waals surface area contributed by atoms with Crippen molar-refractivity contribution in [3.63, 3.8) is 0 Å². The van der Waals surface area contributed by atoms with E-state index in [9.17, 15) is 9.59 Å². The van der Waals surface area contributed by atoms with E-state index in [0.717, 1.165) is 35.1 Å². The fraction of sp³-hybridized carbons (Fsp3) is 0.444. The number of nitrogens with one attached hydrogen (secondary N) is 1. The maximum absolute atomic E-state index is 12.5. The van der Waals surface area contributed by atoms with Crippen molar-refractivity contribution in [2.24, 2.45) is 0 Å². The summed E-state index contributed by atoms with van der Waals surface area (Å²) in [6.45, 7) is 4.50. The molecule has 0 bridgehead atoms. The number of ketones is 1. The first kappa shape index (κ1) is 15.0. The number of aromatic nitrogens is 1. The molecule has 0 spiro atoms. The summed E-state index contributed by atoms with van der Waals surface area (Å²) in [5, 5.41) is 0.931. The van der Waals surface area contributed by atoms with Gasteiger partial charge in [-0.15, -0.1) is 0 Å². The highest BCUT2D eigenvalue weighted by atomic mass is 16.1. The van der Waals surface area contributed by atoms with E-state index in [2.05, 4.69) is 9.88 Å². The highest BCUT2D eigenvalue weighted by Gasteiger charge is 2.15. The first-order valence-corrected chi connectivity index (χ1v) is 8.09. The number of piperidine rings is 1. The lowest BCUT2D eigenvalue weighted by molar-refractivity contribution is 0.0916. The molecule has 1 aromatic heterocycles. The number of Topliss-reactive ketones (excluding diaryl/α,β-unsaturated/α-hetero) is 1. The monoisotopic (exact) mass is 298 g/mol. The number of nitrogens with zero attached hydrogens (tertiary/aromatic N) is 1. The van der Waals surface area contributed by atoms with Crippen LogP contribution < -0.4 is 5.56 Å². The number of hydrogen-bond acceptors (Lipinski definition) is 3. The molecule has 0 radical (unpaired) electrons. The number of carbonyl (C=O) groups is 1. The largest absolute Gasteiger partial charge is 0.322 e. The third kappa shape index (κ3) is 3.12. The van der Waals surface area contributed by atoms with Gasteiger partial charge in [-0.3, -0.25) is 14.5 Å². The molecule has 2 aromatic rings. The van der Waals surface area contributed by atoms with Crippen molar-refractivity contribution in [1.82, 2.24) is 9.88 Å². The molecule has 116 valence electrons. The van der Waals surface area contributed by atoms with Crippen molar-refractivity contribution in [3.8, 4) is 0 Å². The Kier molecular flexibility index (Phi) is 4.39. The molecule has 1 aliphatic rings. The van der Waals surface area contributed by atoms with E-state index >= 15 is 0 Å². The van der Waals surface area contributed by atoms with Crippen LogP contribution in [-0.4, -0.2) is 35.3 Å². The Morgan fingerprint density at radius 1 is 1.18 bits per heavy atom. The molecule has 3 rings (SSSR count). The number of aryl methyl sites for hydroxylation is 1. The molecule has 4 nitrogen and oxygen atoms in total. The zero-order valence-electron chi connectivity index (χ0n) is 13.0. The zero-order valence-corrected chi connectivity index (χ0v) is 13.0. The molecule has 4 heteroatoms. The predicted molar refractivity (Wildman–Crippen MR) is 88.6 cm³/mol. The van der Waals surface area contributed by atoms with Crippen molar-refractivity contribution in [1.29, 1.82) is 0 Å². The maximum Gasteiger partial charge on any atom is 0.251 e. The van der Waals surface area contributed by atoms with Gasteiger partial charge in [0.25, 0.3) is 5.56 Å². The quantitative estimate of drug-likeness (QED) is 0.883. The molecular weight excluding hydrogens is 276 g/mol. The van der Waals surface area contributed by atoms with Crippen molar-refractivity contribution in [2.45, 2.75) is 32.6 Å². The van der Waals surface area contributed by atoms with Gasteiger partial charge in [-0.25, -0.2) is 0 Å². The Balaban J connectivity index is 1.85. The van der Waals surface area contributed by atoms with E-state index in [1.807, 2.05) is 31.2 Å². The van der Waals surface area contributed by atoms with Gasteiger partial charge in [0.15, 0.2) is 5.78 Å². The van der Waals surface area contributed by atoms with Gasteiger partial charge < -0.3 is 4.98 Å². The lowest BCUT2D eigenvalue weighted by Crippen LogP contribution is -2.34. The van der Waals surface area contributed by atoms with Crippen molar-refractivity contribution in [3.05, 3.63) is 45.7 Å². The van der Waals surface area contributed by atoms with Gasteiger partial charge in [-0.2, -0.15) is 0 Å². The Labute approximate surface area is 130 Å². The average molecular weight is 298 g/mol. The highest BCUT2D eigenvalue weighted by molar-refractivity contribution is 6.00. The summed E-state index contributed by atoms with van der Waals surface area (Å²) in [5.74, 6) is 0.160. The molecular formula is C18H22N2O2. The number of aromatic amines is 1. The fourth-order valence-electron chi connectivity index (χ4n) is 3.10. The Hall–Kier alpha value is -1.94. The summed E-state index contributed by atoms with van der Waals surface area (Å²) in [6, 6.07) is 7.44. The van der Waals surface area contributed by atoms with Crippen LogP contribution in [0.25, 0.3) is 10.9 Å². The second-order valence-corrected chi connectivity index (χ2v) is 6.04. The van der Waals surface area contributed by atoms with Crippen LogP contribution in [0.1, 0.15) is 42.1 Å². The van der Waals surface area contributed by atoms with Gasteiger partial charge in [0.2, 0.25) is 0 Å². The summed E-state index contributed by atoms with van der Waals surface area (Å²) < 4.78 is 0. The van der Waals surface area contributed by atoms with Crippen LogP contribution in [0.2, 0.25) is 0 Å². The zero-order chi connectivity index (χ0) is 15.5. The van der Waals surface area contributed by atoms with Crippen LogP contribution in [0.5, 0.6) is 0 Å². The smallest absolute Gasteiger partial charge is 0.251 e. The maximum atomic E-state index is 12.5.